The van der Waals surface area contributed by atoms with Crippen LogP contribution in [0.2, 0.25) is 0 Å². The highest BCUT2D eigenvalue weighted by Crippen LogP contribution is 2.46. The van der Waals surface area contributed by atoms with Gasteiger partial charge in [-0.1, -0.05) is 0 Å². The molecule has 4 aromatic rings. The molecule has 0 saturated carbocycles. The number of tetrazole rings is 1. The Hall–Kier alpha value is -4.07. The number of pyridine rings is 2. The maximum absolute atomic E-state index is 15.6. The minimum atomic E-state index is -4.25. The lowest BCUT2D eigenvalue weighted by molar-refractivity contribution is -0.207. The molecule has 14 heteroatoms. The summed E-state index contributed by atoms with van der Waals surface area (Å²) in [7, 11) is 0. The summed E-state index contributed by atoms with van der Waals surface area (Å²) in [5.41, 5.74) is -5.44. The predicted octanol–water partition coefficient (Wildman–Crippen LogP) is 3.28. The quantitative estimate of drug-likeness (QED) is 0.374. The van der Waals surface area contributed by atoms with Crippen LogP contribution in [0.15, 0.2) is 55.1 Å². The van der Waals surface area contributed by atoms with Crippen LogP contribution in [0.5, 0.6) is 5.75 Å². The van der Waals surface area contributed by atoms with Crippen molar-refractivity contribution < 1.29 is 36.2 Å². The number of ether oxygens (including phenoxy) is 1. The highest BCUT2D eigenvalue weighted by Gasteiger charge is 2.58. The first-order chi connectivity index (χ1) is 16.6. The van der Waals surface area contributed by atoms with E-state index < -0.39 is 59.2 Å². The Labute approximate surface area is 192 Å². The molecular weight excluding hydrogens is 482 g/mol. The molecule has 0 aliphatic carbocycles. The van der Waals surface area contributed by atoms with Crippen LogP contribution >= 0.6 is 0 Å². The Morgan fingerprint density at radius 2 is 1.69 bits per heavy atom. The lowest BCUT2D eigenvalue weighted by atomic mass is 9.84. The van der Waals surface area contributed by atoms with Gasteiger partial charge in [-0.05, 0) is 34.7 Å². The summed E-state index contributed by atoms with van der Waals surface area (Å²) in [5.74, 6) is -8.63. The predicted molar refractivity (Wildman–Crippen MR) is 105 cm³/mol. The standard InChI is InChI=1S/C21H14F6N6O2/c22-12-1-3-15(16(24)5-12)20(34,10-33-11-30-31-32-33)21(26,27)19-4-2-14(8-29-19)35-9-18-17(25)6-13(23)7-28-18/h1-8,11,34H,9-10H2. The van der Waals surface area contributed by atoms with Gasteiger partial charge in [-0.2, -0.15) is 8.78 Å². The lowest BCUT2D eigenvalue weighted by Gasteiger charge is -2.35. The van der Waals surface area contributed by atoms with Crippen molar-refractivity contribution in [3.63, 3.8) is 0 Å². The van der Waals surface area contributed by atoms with E-state index >= 15 is 8.78 Å². The van der Waals surface area contributed by atoms with Gasteiger partial charge in [0.2, 0.25) is 0 Å². The largest absolute Gasteiger partial charge is 0.486 e. The van der Waals surface area contributed by atoms with Gasteiger partial charge in [0.1, 0.15) is 47.5 Å². The number of alkyl halides is 2. The molecule has 1 unspecified atom stereocenters. The Morgan fingerprint density at radius 3 is 2.31 bits per heavy atom. The minimum absolute atomic E-state index is 0.0768. The molecule has 35 heavy (non-hydrogen) atoms. The third-order valence-corrected chi connectivity index (χ3v) is 5.00. The highest BCUT2D eigenvalue weighted by atomic mass is 19.3. The zero-order valence-electron chi connectivity index (χ0n) is 17.4. The first kappa shape index (κ1) is 24.1. The molecule has 3 aromatic heterocycles. The molecule has 0 amide bonds. The van der Waals surface area contributed by atoms with E-state index in [-0.39, 0.29) is 11.4 Å². The van der Waals surface area contributed by atoms with E-state index in [9.17, 15) is 22.7 Å². The molecule has 182 valence electrons. The zero-order valence-corrected chi connectivity index (χ0v) is 17.4. The summed E-state index contributed by atoms with van der Waals surface area (Å²) < 4.78 is 91.8. The van der Waals surface area contributed by atoms with Gasteiger partial charge in [0.15, 0.2) is 11.4 Å². The molecule has 3 heterocycles. The Kier molecular flexibility index (Phi) is 6.39. The summed E-state index contributed by atoms with van der Waals surface area (Å²) in [5, 5.41) is 21.1. The van der Waals surface area contributed by atoms with Crippen molar-refractivity contribution in [2.24, 2.45) is 0 Å². The number of benzene rings is 1. The van der Waals surface area contributed by atoms with Crippen molar-refractivity contribution in [3.8, 4) is 5.75 Å². The average Bonchev–Trinajstić information content (AvgIpc) is 3.31. The van der Waals surface area contributed by atoms with Crippen molar-refractivity contribution in [2.45, 2.75) is 24.7 Å². The summed E-state index contributed by atoms with van der Waals surface area (Å²) in [6, 6.07) is 4.21. The molecule has 0 aliphatic heterocycles. The van der Waals surface area contributed by atoms with Gasteiger partial charge in [0.05, 0.1) is 18.9 Å². The van der Waals surface area contributed by atoms with E-state index in [0.29, 0.717) is 24.3 Å². The fourth-order valence-corrected chi connectivity index (χ4v) is 3.23. The van der Waals surface area contributed by atoms with Crippen LogP contribution in [0.25, 0.3) is 0 Å². The second-order valence-electron chi connectivity index (χ2n) is 7.32. The lowest BCUT2D eigenvalue weighted by Crippen LogP contribution is -2.48. The van der Waals surface area contributed by atoms with Crippen LogP contribution in [0.1, 0.15) is 17.0 Å². The van der Waals surface area contributed by atoms with Crippen molar-refractivity contribution in [2.75, 3.05) is 0 Å². The first-order valence-corrected chi connectivity index (χ1v) is 9.76. The maximum atomic E-state index is 15.6. The number of halogens is 6. The number of aromatic nitrogens is 6. The Bertz CT molecular complexity index is 1320. The van der Waals surface area contributed by atoms with E-state index in [1.165, 1.54) is 0 Å². The van der Waals surface area contributed by atoms with Gasteiger partial charge in [-0.15, -0.1) is 5.10 Å². The van der Waals surface area contributed by atoms with Crippen LogP contribution in [0.4, 0.5) is 26.3 Å². The Morgan fingerprint density at radius 1 is 0.914 bits per heavy atom. The normalized spacial score (nSPS) is 13.5. The summed E-state index contributed by atoms with van der Waals surface area (Å²) in [4.78, 5) is 7.14. The third-order valence-electron chi connectivity index (χ3n) is 5.00. The Balaban J connectivity index is 1.63. The minimum Gasteiger partial charge on any atom is -0.486 e. The van der Waals surface area contributed by atoms with E-state index in [1.807, 2.05) is 0 Å². The zero-order chi connectivity index (χ0) is 25.2. The molecule has 0 bridgehead atoms. The van der Waals surface area contributed by atoms with Crippen molar-refractivity contribution in [1.29, 1.82) is 0 Å². The van der Waals surface area contributed by atoms with Gasteiger partial charge >= 0.3 is 5.92 Å². The molecule has 4 rings (SSSR count). The van der Waals surface area contributed by atoms with Gasteiger partial charge in [-0.3, -0.25) is 9.97 Å². The molecule has 1 atom stereocenters. The van der Waals surface area contributed by atoms with E-state index in [2.05, 4.69) is 25.5 Å². The average molecular weight is 496 g/mol. The van der Waals surface area contributed by atoms with Crippen LogP contribution < -0.4 is 4.74 Å². The van der Waals surface area contributed by atoms with Crippen molar-refractivity contribution in [3.05, 3.63) is 95.3 Å². The smallest absolute Gasteiger partial charge is 0.323 e. The maximum Gasteiger partial charge on any atom is 0.323 e. The van der Waals surface area contributed by atoms with Crippen LogP contribution in [-0.2, 0) is 24.7 Å². The second kappa shape index (κ2) is 9.29. The number of hydrogen-bond acceptors (Lipinski definition) is 7. The van der Waals surface area contributed by atoms with Crippen LogP contribution in [0, 0.1) is 23.3 Å². The van der Waals surface area contributed by atoms with Crippen molar-refractivity contribution >= 4 is 0 Å². The fraction of sp³-hybridized carbons (Fsp3) is 0.190. The van der Waals surface area contributed by atoms with Gasteiger partial charge < -0.3 is 9.84 Å². The van der Waals surface area contributed by atoms with Crippen LogP contribution in [-0.4, -0.2) is 35.3 Å². The van der Waals surface area contributed by atoms with Crippen molar-refractivity contribution in [1.82, 2.24) is 30.2 Å². The van der Waals surface area contributed by atoms with E-state index in [0.717, 1.165) is 35.5 Å². The SMILES string of the molecule is OC(Cn1cnnn1)(c1ccc(F)cc1F)C(F)(F)c1ccc(OCc2ncc(F)cc2F)cn1. The second-order valence-corrected chi connectivity index (χ2v) is 7.32. The van der Waals surface area contributed by atoms with Gasteiger partial charge in [0.25, 0.3) is 0 Å². The molecule has 1 aromatic carbocycles. The molecule has 0 saturated heterocycles. The molecule has 1 N–H and O–H groups in total. The topological polar surface area (TPSA) is 98.8 Å². The number of aliphatic hydroxyl groups is 1. The number of rotatable bonds is 8. The molecule has 0 radical (unpaired) electrons. The fourth-order valence-electron chi connectivity index (χ4n) is 3.23. The summed E-state index contributed by atoms with van der Waals surface area (Å²) >= 11 is 0. The molecule has 0 aliphatic rings. The van der Waals surface area contributed by atoms with E-state index in [1.54, 1.807) is 0 Å². The van der Waals surface area contributed by atoms with Gasteiger partial charge in [0, 0.05) is 17.7 Å². The summed E-state index contributed by atoms with van der Waals surface area (Å²) in [6.45, 7) is -1.46. The first-order valence-electron chi connectivity index (χ1n) is 9.76. The number of nitrogens with zero attached hydrogens (tertiary/aromatic N) is 6. The molecular formula is C21H14F6N6O2. The highest BCUT2D eigenvalue weighted by molar-refractivity contribution is 5.32. The third kappa shape index (κ3) is 4.77. The number of hydrogen-bond donors (Lipinski definition) is 1. The molecule has 0 fully saturated rings. The molecule has 8 nitrogen and oxygen atoms in total. The monoisotopic (exact) mass is 496 g/mol. The summed E-state index contributed by atoms with van der Waals surface area (Å²) in [6.07, 6.45) is 2.57. The van der Waals surface area contributed by atoms with Gasteiger partial charge in [-0.25, -0.2) is 22.2 Å². The van der Waals surface area contributed by atoms with Crippen LogP contribution in [0.3, 0.4) is 0 Å². The molecule has 0 spiro atoms. The van der Waals surface area contributed by atoms with E-state index in [4.69, 9.17) is 4.74 Å².